The highest BCUT2D eigenvalue weighted by atomic mass is 19.1. The first-order chi connectivity index (χ1) is 15.7. The van der Waals surface area contributed by atoms with E-state index in [0.717, 1.165) is 0 Å². The van der Waals surface area contributed by atoms with Gasteiger partial charge in [0.15, 0.2) is 5.82 Å². The fourth-order valence-electron chi connectivity index (χ4n) is 4.25. The molecule has 10 heteroatoms. The molecule has 0 saturated heterocycles. The second kappa shape index (κ2) is 7.32. The zero-order valence-electron chi connectivity index (χ0n) is 17.3. The third kappa shape index (κ3) is 3.40. The first kappa shape index (κ1) is 21.0. The molecule has 0 unspecified atom stereocenters. The predicted octanol–water partition coefficient (Wildman–Crippen LogP) is 2.71. The molecule has 1 aliphatic carbocycles. The molecule has 0 bridgehead atoms. The number of aliphatic hydroxyl groups is 1. The van der Waals surface area contributed by atoms with Crippen molar-refractivity contribution in [1.82, 2.24) is 14.8 Å². The van der Waals surface area contributed by atoms with Gasteiger partial charge in [-0.05, 0) is 12.1 Å². The van der Waals surface area contributed by atoms with Gasteiger partial charge in [0.25, 0.3) is 5.91 Å². The number of aromatic nitrogens is 3. The Morgan fingerprint density at radius 3 is 2.45 bits per heavy atom. The lowest BCUT2D eigenvalue weighted by Crippen LogP contribution is -2.52. The van der Waals surface area contributed by atoms with Crippen molar-refractivity contribution in [3.63, 3.8) is 0 Å². The number of nitrogens with two attached hydrogens (primary N) is 3. The number of nitrogens with zero attached hydrogens (tertiary/aromatic N) is 3. The van der Waals surface area contributed by atoms with Crippen molar-refractivity contribution in [3.8, 4) is 22.5 Å². The molecule has 33 heavy (non-hydrogen) atoms. The average molecular weight is 450 g/mol. The minimum Gasteiger partial charge on any atom is -0.383 e. The van der Waals surface area contributed by atoms with E-state index >= 15 is 4.39 Å². The summed E-state index contributed by atoms with van der Waals surface area (Å²) >= 11 is 0. The minimum atomic E-state index is -1.36. The maximum Gasteiger partial charge on any atom is 0.254 e. The summed E-state index contributed by atoms with van der Waals surface area (Å²) in [6.07, 6.45) is 0.329. The van der Waals surface area contributed by atoms with Crippen molar-refractivity contribution in [2.45, 2.75) is 24.6 Å². The van der Waals surface area contributed by atoms with Gasteiger partial charge in [-0.25, -0.2) is 18.4 Å². The number of carbonyl (C=O) groups excluding carboxylic acids is 1. The van der Waals surface area contributed by atoms with E-state index in [-0.39, 0.29) is 58.1 Å². The number of amides is 1. The maximum absolute atomic E-state index is 15.7. The van der Waals surface area contributed by atoms with Crippen LogP contribution in [0.15, 0.2) is 48.5 Å². The molecule has 4 aromatic rings. The molecule has 168 valence electrons. The van der Waals surface area contributed by atoms with Crippen molar-refractivity contribution in [2.75, 3.05) is 5.73 Å². The Morgan fingerprint density at radius 2 is 1.82 bits per heavy atom. The summed E-state index contributed by atoms with van der Waals surface area (Å²) in [7, 11) is 0. The van der Waals surface area contributed by atoms with Gasteiger partial charge in [-0.15, -0.1) is 0 Å². The Bertz CT molecular complexity index is 1410. The molecular formula is C23H20F2N6O2. The fraction of sp³-hybridized carbons (Fsp3) is 0.174. The SMILES string of the molecule is NC(=O)c1c(-c2ccc3cc(F)c(-c4ccccc4)nc3c2F)nn([C@H]2C[C@@](N)(O)C2)c1N. The number of rotatable bonds is 4. The molecule has 5 rings (SSSR count). The van der Waals surface area contributed by atoms with Crippen LogP contribution in [0, 0.1) is 11.6 Å². The third-order valence-corrected chi connectivity index (χ3v) is 5.90. The van der Waals surface area contributed by atoms with Crippen LogP contribution in [0.25, 0.3) is 33.4 Å². The summed E-state index contributed by atoms with van der Waals surface area (Å²) < 4.78 is 31.7. The first-order valence-corrected chi connectivity index (χ1v) is 10.2. The number of pyridine rings is 1. The molecule has 2 aromatic carbocycles. The average Bonchev–Trinajstić information content (AvgIpc) is 3.09. The molecule has 0 aliphatic heterocycles. The normalized spacial score (nSPS) is 20.1. The quantitative estimate of drug-likeness (QED) is 0.352. The monoisotopic (exact) mass is 450 g/mol. The van der Waals surface area contributed by atoms with Gasteiger partial charge in [0, 0.05) is 29.4 Å². The van der Waals surface area contributed by atoms with Crippen molar-refractivity contribution in [3.05, 3.63) is 65.7 Å². The van der Waals surface area contributed by atoms with Crippen LogP contribution in [0.4, 0.5) is 14.6 Å². The van der Waals surface area contributed by atoms with Crippen LogP contribution in [0.5, 0.6) is 0 Å². The molecule has 7 N–H and O–H groups in total. The highest BCUT2D eigenvalue weighted by molar-refractivity contribution is 6.04. The number of halogens is 2. The van der Waals surface area contributed by atoms with Crippen LogP contribution >= 0.6 is 0 Å². The Kier molecular flexibility index (Phi) is 4.66. The Labute approximate surface area is 186 Å². The van der Waals surface area contributed by atoms with Gasteiger partial charge in [0.2, 0.25) is 0 Å². The third-order valence-electron chi connectivity index (χ3n) is 5.90. The number of carbonyl (C=O) groups is 1. The topological polar surface area (TPSA) is 146 Å². The van der Waals surface area contributed by atoms with Crippen LogP contribution in [0.1, 0.15) is 29.2 Å². The first-order valence-electron chi connectivity index (χ1n) is 10.2. The van der Waals surface area contributed by atoms with E-state index in [1.165, 1.54) is 22.9 Å². The summed E-state index contributed by atoms with van der Waals surface area (Å²) in [6.45, 7) is 0. The second-order valence-corrected chi connectivity index (χ2v) is 8.27. The number of anilines is 1. The Balaban J connectivity index is 1.68. The van der Waals surface area contributed by atoms with E-state index in [4.69, 9.17) is 17.2 Å². The van der Waals surface area contributed by atoms with Crippen molar-refractivity contribution < 1.29 is 18.7 Å². The summed E-state index contributed by atoms with van der Waals surface area (Å²) in [5.74, 6) is -2.31. The van der Waals surface area contributed by atoms with Crippen molar-refractivity contribution >= 4 is 22.6 Å². The standard InChI is InChI=1S/C23H20F2N6O2/c24-15-8-12-6-7-14(17(25)19(12)29-18(15)11-4-2-1-3-5-11)20-16(22(27)32)21(26)31(30-20)13-9-23(28,33)10-13/h1-8,13,33H,9-10,26,28H2,(H2,27,32)/t13-,23+. The van der Waals surface area contributed by atoms with Gasteiger partial charge in [-0.1, -0.05) is 36.4 Å². The molecule has 1 saturated carbocycles. The Hall–Kier alpha value is -3.89. The number of primary amides is 1. The molecule has 2 heterocycles. The van der Waals surface area contributed by atoms with Crippen LogP contribution in [0.3, 0.4) is 0 Å². The van der Waals surface area contributed by atoms with Gasteiger partial charge in [-0.2, -0.15) is 5.10 Å². The van der Waals surface area contributed by atoms with E-state index in [1.807, 2.05) is 0 Å². The number of fused-ring (bicyclic) bond motifs is 1. The van der Waals surface area contributed by atoms with E-state index in [0.29, 0.717) is 5.56 Å². The lowest BCUT2D eigenvalue weighted by Gasteiger charge is -2.40. The molecule has 2 aromatic heterocycles. The number of hydrogen-bond donors (Lipinski definition) is 4. The van der Waals surface area contributed by atoms with Crippen LogP contribution in [-0.2, 0) is 0 Å². The molecular weight excluding hydrogens is 430 g/mol. The maximum atomic E-state index is 15.7. The van der Waals surface area contributed by atoms with Crippen LogP contribution in [-0.4, -0.2) is 31.5 Å². The molecule has 0 radical (unpaired) electrons. The van der Waals surface area contributed by atoms with Crippen LogP contribution < -0.4 is 17.2 Å². The molecule has 0 spiro atoms. The van der Waals surface area contributed by atoms with E-state index in [1.54, 1.807) is 30.3 Å². The van der Waals surface area contributed by atoms with Crippen molar-refractivity contribution in [2.24, 2.45) is 11.5 Å². The van der Waals surface area contributed by atoms with Gasteiger partial charge in [0.1, 0.15) is 39.8 Å². The zero-order chi connectivity index (χ0) is 23.5. The van der Waals surface area contributed by atoms with E-state index in [9.17, 15) is 14.3 Å². The largest absolute Gasteiger partial charge is 0.383 e. The van der Waals surface area contributed by atoms with Gasteiger partial charge in [-0.3, -0.25) is 4.79 Å². The Morgan fingerprint density at radius 1 is 1.12 bits per heavy atom. The van der Waals surface area contributed by atoms with Gasteiger partial charge in [0.05, 0.1) is 6.04 Å². The van der Waals surface area contributed by atoms with E-state index < -0.39 is 23.3 Å². The van der Waals surface area contributed by atoms with Crippen molar-refractivity contribution in [1.29, 1.82) is 0 Å². The lowest BCUT2D eigenvalue weighted by atomic mass is 9.83. The highest BCUT2D eigenvalue weighted by Gasteiger charge is 2.42. The molecule has 8 nitrogen and oxygen atoms in total. The van der Waals surface area contributed by atoms with Gasteiger partial charge >= 0.3 is 0 Å². The minimum absolute atomic E-state index is 0.00369. The summed E-state index contributed by atoms with van der Waals surface area (Å²) in [5, 5.41) is 14.4. The fourth-order valence-corrected chi connectivity index (χ4v) is 4.25. The summed E-state index contributed by atoms with van der Waals surface area (Å²) in [5.41, 5.74) is 16.1. The van der Waals surface area contributed by atoms with Gasteiger partial charge < -0.3 is 22.3 Å². The second-order valence-electron chi connectivity index (χ2n) is 8.27. The molecule has 1 amide bonds. The lowest BCUT2D eigenvalue weighted by molar-refractivity contribution is -0.0643. The smallest absolute Gasteiger partial charge is 0.254 e. The number of hydrogen-bond acceptors (Lipinski definition) is 6. The molecule has 1 aliphatic rings. The summed E-state index contributed by atoms with van der Waals surface area (Å²) in [4.78, 5) is 16.4. The zero-order valence-corrected chi connectivity index (χ0v) is 17.3. The summed E-state index contributed by atoms with van der Waals surface area (Å²) in [6, 6.07) is 12.3. The highest BCUT2D eigenvalue weighted by Crippen LogP contribution is 2.41. The predicted molar refractivity (Wildman–Crippen MR) is 119 cm³/mol. The number of benzene rings is 2. The number of nitrogen functional groups attached to an aromatic ring is 1. The molecule has 0 atom stereocenters. The van der Waals surface area contributed by atoms with Crippen LogP contribution in [0.2, 0.25) is 0 Å². The van der Waals surface area contributed by atoms with E-state index in [2.05, 4.69) is 10.1 Å². The molecule has 1 fully saturated rings.